The number of nitrogens with zero attached hydrogens (tertiary/aromatic N) is 1. The van der Waals surface area contributed by atoms with Crippen LogP contribution in [0.5, 0.6) is 5.75 Å². The molecular formula is C24H25NO. The van der Waals surface area contributed by atoms with Gasteiger partial charge in [-0.15, -0.1) is 0 Å². The van der Waals surface area contributed by atoms with Crippen molar-refractivity contribution in [1.29, 1.82) is 0 Å². The molecule has 3 aromatic carbocycles. The second kappa shape index (κ2) is 7.76. The van der Waals surface area contributed by atoms with E-state index in [0.717, 1.165) is 37.9 Å². The fraction of sp³-hybridized carbons (Fsp3) is 0.250. The molecule has 1 atom stereocenters. The monoisotopic (exact) mass is 343 g/mol. The molecule has 1 aliphatic rings. The fourth-order valence-electron chi connectivity index (χ4n) is 4.01. The molecule has 0 aliphatic heterocycles. The Bertz CT molecular complexity index is 803. The molecule has 2 heteroatoms. The number of benzene rings is 3. The quantitative estimate of drug-likeness (QED) is 0.708. The van der Waals surface area contributed by atoms with E-state index in [1.54, 1.807) is 0 Å². The average molecular weight is 343 g/mol. The highest BCUT2D eigenvalue weighted by Crippen LogP contribution is 2.32. The van der Waals surface area contributed by atoms with Crippen LogP contribution in [0.4, 0.5) is 0 Å². The lowest BCUT2D eigenvalue weighted by Gasteiger charge is -2.35. The molecule has 0 radical (unpaired) electrons. The molecule has 0 amide bonds. The van der Waals surface area contributed by atoms with Gasteiger partial charge in [0.2, 0.25) is 0 Å². The van der Waals surface area contributed by atoms with Gasteiger partial charge in [0.25, 0.3) is 0 Å². The maximum Gasteiger partial charge on any atom is 0.119 e. The minimum atomic E-state index is 0.441. The van der Waals surface area contributed by atoms with Crippen molar-refractivity contribution in [1.82, 2.24) is 4.90 Å². The van der Waals surface area contributed by atoms with Crippen LogP contribution in [-0.4, -0.2) is 16.0 Å². The number of rotatable bonds is 5. The molecule has 3 aromatic rings. The van der Waals surface area contributed by atoms with E-state index in [9.17, 15) is 5.11 Å². The Morgan fingerprint density at radius 2 is 1.38 bits per heavy atom. The Morgan fingerprint density at radius 1 is 0.769 bits per heavy atom. The predicted molar refractivity (Wildman–Crippen MR) is 106 cm³/mol. The molecule has 26 heavy (non-hydrogen) atoms. The Kier molecular flexibility index (Phi) is 5.03. The molecule has 0 aromatic heterocycles. The third kappa shape index (κ3) is 3.81. The van der Waals surface area contributed by atoms with E-state index in [1.165, 1.54) is 16.7 Å². The number of phenols is 1. The highest BCUT2D eigenvalue weighted by Gasteiger charge is 2.26. The van der Waals surface area contributed by atoms with Crippen LogP contribution in [-0.2, 0) is 25.9 Å². The summed E-state index contributed by atoms with van der Waals surface area (Å²) in [6, 6.07) is 27.8. The molecule has 0 spiro atoms. The molecule has 0 heterocycles. The molecule has 1 N–H and O–H groups in total. The van der Waals surface area contributed by atoms with Gasteiger partial charge in [-0.25, -0.2) is 0 Å². The third-order valence-corrected chi connectivity index (χ3v) is 5.41. The van der Waals surface area contributed by atoms with Gasteiger partial charge in [0.05, 0.1) is 0 Å². The maximum atomic E-state index is 10.3. The topological polar surface area (TPSA) is 23.5 Å². The Labute approximate surface area is 155 Å². The van der Waals surface area contributed by atoms with Crippen molar-refractivity contribution in [2.75, 3.05) is 0 Å². The number of fused-ring (bicyclic) bond motifs is 1. The molecule has 1 aliphatic carbocycles. The summed E-state index contributed by atoms with van der Waals surface area (Å²) in [6.07, 6.45) is 3.09. The maximum absolute atomic E-state index is 10.3. The smallest absolute Gasteiger partial charge is 0.119 e. The van der Waals surface area contributed by atoms with Crippen molar-refractivity contribution in [2.24, 2.45) is 0 Å². The zero-order valence-corrected chi connectivity index (χ0v) is 15.0. The van der Waals surface area contributed by atoms with Gasteiger partial charge in [-0.05, 0) is 47.6 Å². The summed E-state index contributed by atoms with van der Waals surface area (Å²) in [4.78, 5) is 2.57. The Hall–Kier alpha value is -2.58. The number of aromatic hydroxyl groups is 1. The first kappa shape index (κ1) is 16.9. The minimum Gasteiger partial charge on any atom is -0.508 e. The first-order valence-corrected chi connectivity index (χ1v) is 9.41. The Morgan fingerprint density at radius 3 is 2.00 bits per heavy atom. The van der Waals surface area contributed by atoms with E-state index in [4.69, 9.17) is 0 Å². The molecule has 0 fully saturated rings. The summed E-state index contributed by atoms with van der Waals surface area (Å²) in [5.74, 6) is 0.451. The first-order valence-electron chi connectivity index (χ1n) is 9.41. The summed E-state index contributed by atoms with van der Waals surface area (Å²) >= 11 is 0. The SMILES string of the molecule is Oc1cccc2c1C[C@H](N(Cc1ccccc1)Cc1ccccc1)CC2. The summed E-state index contributed by atoms with van der Waals surface area (Å²) in [5.41, 5.74) is 5.12. The van der Waals surface area contributed by atoms with Crippen molar-refractivity contribution in [3.63, 3.8) is 0 Å². The van der Waals surface area contributed by atoms with Crippen LogP contribution in [0.3, 0.4) is 0 Å². The second-order valence-corrected chi connectivity index (χ2v) is 7.19. The van der Waals surface area contributed by atoms with Gasteiger partial charge in [0, 0.05) is 19.1 Å². The number of hydrogen-bond donors (Lipinski definition) is 1. The molecular weight excluding hydrogens is 318 g/mol. The summed E-state index contributed by atoms with van der Waals surface area (Å²) in [5, 5.41) is 10.3. The van der Waals surface area contributed by atoms with Gasteiger partial charge in [-0.3, -0.25) is 4.90 Å². The van der Waals surface area contributed by atoms with Gasteiger partial charge in [0.15, 0.2) is 0 Å². The van der Waals surface area contributed by atoms with Crippen molar-refractivity contribution in [2.45, 2.75) is 38.4 Å². The van der Waals surface area contributed by atoms with Gasteiger partial charge in [-0.1, -0.05) is 72.8 Å². The van der Waals surface area contributed by atoms with E-state index in [1.807, 2.05) is 12.1 Å². The molecule has 4 rings (SSSR count). The standard InChI is InChI=1S/C24H25NO/c26-24-13-7-12-21-14-15-22(16-23(21)24)25(17-19-8-3-1-4-9-19)18-20-10-5-2-6-11-20/h1-13,22,26H,14-18H2/t22-/m1/s1. The van der Waals surface area contributed by atoms with Crippen LogP contribution >= 0.6 is 0 Å². The normalized spacial score (nSPS) is 16.4. The largest absolute Gasteiger partial charge is 0.508 e. The first-order chi connectivity index (χ1) is 12.8. The van der Waals surface area contributed by atoms with Crippen LogP contribution in [0.1, 0.15) is 28.7 Å². The molecule has 0 saturated heterocycles. The highest BCUT2D eigenvalue weighted by molar-refractivity contribution is 5.41. The number of hydrogen-bond acceptors (Lipinski definition) is 2. The lowest BCUT2D eigenvalue weighted by atomic mass is 9.86. The van der Waals surface area contributed by atoms with Crippen LogP contribution in [0, 0.1) is 0 Å². The van der Waals surface area contributed by atoms with E-state index in [-0.39, 0.29) is 0 Å². The van der Waals surface area contributed by atoms with E-state index in [0.29, 0.717) is 11.8 Å². The van der Waals surface area contributed by atoms with Crippen LogP contribution in [0.25, 0.3) is 0 Å². The van der Waals surface area contributed by atoms with Crippen molar-refractivity contribution in [3.8, 4) is 5.75 Å². The summed E-state index contributed by atoms with van der Waals surface area (Å²) < 4.78 is 0. The molecule has 0 saturated carbocycles. The van der Waals surface area contributed by atoms with Crippen molar-refractivity contribution >= 4 is 0 Å². The van der Waals surface area contributed by atoms with Crippen molar-refractivity contribution < 1.29 is 5.11 Å². The van der Waals surface area contributed by atoms with Gasteiger partial charge < -0.3 is 5.11 Å². The van der Waals surface area contributed by atoms with Crippen LogP contribution in [0.15, 0.2) is 78.9 Å². The fourth-order valence-corrected chi connectivity index (χ4v) is 4.01. The van der Waals surface area contributed by atoms with E-state index < -0.39 is 0 Å². The van der Waals surface area contributed by atoms with Crippen LogP contribution < -0.4 is 0 Å². The Balaban J connectivity index is 1.59. The average Bonchev–Trinajstić information content (AvgIpc) is 2.69. The van der Waals surface area contributed by atoms with E-state index >= 15 is 0 Å². The second-order valence-electron chi connectivity index (χ2n) is 7.19. The van der Waals surface area contributed by atoms with E-state index in [2.05, 4.69) is 71.6 Å². The lowest BCUT2D eigenvalue weighted by Crippen LogP contribution is -2.38. The molecule has 0 bridgehead atoms. The minimum absolute atomic E-state index is 0.441. The molecule has 2 nitrogen and oxygen atoms in total. The van der Waals surface area contributed by atoms with Gasteiger partial charge >= 0.3 is 0 Å². The third-order valence-electron chi connectivity index (χ3n) is 5.41. The summed E-state index contributed by atoms with van der Waals surface area (Å²) in [7, 11) is 0. The van der Waals surface area contributed by atoms with Gasteiger partial charge in [0.1, 0.15) is 5.75 Å². The highest BCUT2D eigenvalue weighted by atomic mass is 16.3. The molecule has 132 valence electrons. The van der Waals surface area contributed by atoms with Gasteiger partial charge in [-0.2, -0.15) is 0 Å². The summed E-state index contributed by atoms with van der Waals surface area (Å²) in [6.45, 7) is 1.87. The zero-order valence-electron chi connectivity index (χ0n) is 15.0. The molecule has 0 unspecified atom stereocenters. The van der Waals surface area contributed by atoms with Crippen LogP contribution in [0.2, 0.25) is 0 Å². The predicted octanol–water partition coefficient (Wildman–Crippen LogP) is 4.95. The lowest BCUT2D eigenvalue weighted by molar-refractivity contribution is 0.161. The van der Waals surface area contributed by atoms with Crippen molar-refractivity contribution in [3.05, 3.63) is 101 Å². The zero-order chi connectivity index (χ0) is 17.8. The number of aryl methyl sites for hydroxylation is 1. The number of phenolic OH excluding ortho intramolecular Hbond substituents is 1.